The fourth-order valence-corrected chi connectivity index (χ4v) is 3.77. The van der Waals surface area contributed by atoms with Gasteiger partial charge in [0.05, 0.1) is 11.8 Å². The molecule has 0 amide bonds. The van der Waals surface area contributed by atoms with E-state index in [1.807, 2.05) is 0 Å². The van der Waals surface area contributed by atoms with Gasteiger partial charge in [-0.2, -0.15) is 0 Å². The Hall–Kier alpha value is -0.560. The standard InChI is InChI=1S/C18H32N2O4.2ClH/c1-18(11-20)8-6-15(7-9-18)17(22)24-12-23-16(21)14-4-2-13(10-19)3-5-14;;/h13-15H,2-12,19-20H2,1H3;2*1H. The zero-order valence-electron chi connectivity index (χ0n) is 15.6. The van der Waals surface area contributed by atoms with Crippen molar-refractivity contribution in [2.24, 2.45) is 34.6 Å². The minimum absolute atomic E-state index is 0. The van der Waals surface area contributed by atoms with Crippen molar-refractivity contribution in [1.82, 2.24) is 0 Å². The zero-order chi connectivity index (χ0) is 17.6. The van der Waals surface area contributed by atoms with Crippen molar-refractivity contribution in [3.63, 3.8) is 0 Å². The molecule has 2 aliphatic rings. The molecular weight excluding hydrogens is 379 g/mol. The first kappa shape index (κ1) is 25.4. The maximum absolute atomic E-state index is 12.1. The van der Waals surface area contributed by atoms with Gasteiger partial charge >= 0.3 is 11.9 Å². The summed E-state index contributed by atoms with van der Waals surface area (Å²) in [5.74, 6) is -0.154. The molecule has 2 saturated carbocycles. The molecule has 26 heavy (non-hydrogen) atoms. The molecule has 0 aliphatic heterocycles. The molecule has 0 heterocycles. The Morgan fingerprint density at radius 1 is 0.885 bits per heavy atom. The molecule has 2 fully saturated rings. The minimum atomic E-state index is -0.265. The van der Waals surface area contributed by atoms with Crippen LogP contribution in [0.4, 0.5) is 0 Å². The molecule has 0 aromatic heterocycles. The molecule has 4 N–H and O–H groups in total. The molecule has 0 radical (unpaired) electrons. The van der Waals surface area contributed by atoms with E-state index in [1.165, 1.54) is 0 Å². The number of hydrogen-bond donors (Lipinski definition) is 2. The molecule has 0 atom stereocenters. The van der Waals surface area contributed by atoms with Crippen LogP contribution in [0, 0.1) is 23.2 Å². The summed E-state index contributed by atoms with van der Waals surface area (Å²) in [7, 11) is 0. The van der Waals surface area contributed by atoms with Crippen molar-refractivity contribution in [3.05, 3.63) is 0 Å². The third kappa shape index (κ3) is 7.22. The molecule has 0 aromatic rings. The van der Waals surface area contributed by atoms with Gasteiger partial charge in [0, 0.05) is 0 Å². The smallest absolute Gasteiger partial charge is 0.311 e. The third-order valence-corrected chi connectivity index (χ3v) is 5.93. The number of halogens is 2. The molecule has 2 rings (SSSR count). The molecule has 2 aliphatic carbocycles. The van der Waals surface area contributed by atoms with Crippen LogP contribution in [-0.4, -0.2) is 31.8 Å². The minimum Gasteiger partial charge on any atom is -0.428 e. The van der Waals surface area contributed by atoms with Crippen LogP contribution in [-0.2, 0) is 19.1 Å². The first-order valence-electron chi connectivity index (χ1n) is 9.21. The van der Waals surface area contributed by atoms with E-state index >= 15 is 0 Å². The van der Waals surface area contributed by atoms with Crippen molar-refractivity contribution in [3.8, 4) is 0 Å². The highest BCUT2D eigenvalue weighted by atomic mass is 35.5. The van der Waals surface area contributed by atoms with E-state index in [4.69, 9.17) is 20.9 Å². The van der Waals surface area contributed by atoms with Gasteiger partial charge in [-0.3, -0.25) is 9.59 Å². The number of esters is 2. The highest BCUT2D eigenvalue weighted by molar-refractivity contribution is 5.85. The average molecular weight is 413 g/mol. The lowest BCUT2D eigenvalue weighted by atomic mass is 9.72. The van der Waals surface area contributed by atoms with E-state index in [0.29, 0.717) is 19.0 Å². The lowest BCUT2D eigenvalue weighted by Gasteiger charge is -2.35. The normalized spacial score (nSPS) is 31.1. The van der Waals surface area contributed by atoms with Crippen LogP contribution in [0.25, 0.3) is 0 Å². The van der Waals surface area contributed by atoms with E-state index < -0.39 is 0 Å². The maximum atomic E-state index is 12.1. The summed E-state index contributed by atoms with van der Waals surface area (Å²) < 4.78 is 10.3. The van der Waals surface area contributed by atoms with Gasteiger partial charge in [-0.25, -0.2) is 0 Å². The van der Waals surface area contributed by atoms with Crippen molar-refractivity contribution in [1.29, 1.82) is 0 Å². The van der Waals surface area contributed by atoms with Gasteiger partial charge < -0.3 is 20.9 Å². The van der Waals surface area contributed by atoms with Gasteiger partial charge in [-0.1, -0.05) is 6.92 Å². The van der Waals surface area contributed by atoms with Gasteiger partial charge in [0.25, 0.3) is 0 Å². The van der Waals surface area contributed by atoms with E-state index in [9.17, 15) is 9.59 Å². The number of carbonyl (C=O) groups is 2. The van der Waals surface area contributed by atoms with Crippen molar-refractivity contribution in [2.75, 3.05) is 19.9 Å². The summed E-state index contributed by atoms with van der Waals surface area (Å²) in [6.07, 6.45) is 7.04. The van der Waals surface area contributed by atoms with Crippen LogP contribution < -0.4 is 11.5 Å². The Balaban J connectivity index is 0.00000312. The molecule has 0 bridgehead atoms. The Kier molecular flexibility index (Phi) is 11.7. The van der Waals surface area contributed by atoms with E-state index in [2.05, 4.69) is 6.92 Å². The quantitative estimate of drug-likeness (QED) is 0.513. The van der Waals surface area contributed by atoms with Crippen molar-refractivity contribution < 1.29 is 19.1 Å². The van der Waals surface area contributed by atoms with Gasteiger partial charge in [-0.05, 0) is 75.8 Å². The lowest BCUT2D eigenvalue weighted by molar-refractivity contribution is -0.174. The third-order valence-electron chi connectivity index (χ3n) is 5.93. The second-order valence-electron chi connectivity index (χ2n) is 7.79. The molecular formula is C18H34Cl2N2O4. The predicted octanol–water partition coefficient (Wildman–Crippen LogP) is 2.79. The van der Waals surface area contributed by atoms with Gasteiger partial charge in [0.1, 0.15) is 0 Å². The molecule has 8 heteroatoms. The first-order valence-corrected chi connectivity index (χ1v) is 9.21. The SMILES string of the molecule is CC1(CN)CCC(C(=O)OCOC(=O)C2CCC(CN)CC2)CC1.Cl.Cl. The fraction of sp³-hybridized carbons (Fsp3) is 0.889. The highest BCUT2D eigenvalue weighted by Gasteiger charge is 2.34. The largest absolute Gasteiger partial charge is 0.428 e. The second kappa shape index (κ2) is 12.0. The van der Waals surface area contributed by atoms with Crippen molar-refractivity contribution >= 4 is 36.8 Å². The van der Waals surface area contributed by atoms with Gasteiger partial charge in [0.2, 0.25) is 6.79 Å². The Morgan fingerprint density at radius 2 is 1.35 bits per heavy atom. The fourth-order valence-electron chi connectivity index (χ4n) is 3.77. The topological polar surface area (TPSA) is 105 Å². The Labute approximate surface area is 168 Å². The molecule has 154 valence electrons. The van der Waals surface area contributed by atoms with Crippen LogP contribution in [0.3, 0.4) is 0 Å². The van der Waals surface area contributed by atoms with Crippen LogP contribution in [0.15, 0.2) is 0 Å². The van der Waals surface area contributed by atoms with Crippen LogP contribution >= 0.6 is 24.8 Å². The number of rotatable bonds is 6. The van der Waals surface area contributed by atoms with E-state index in [1.54, 1.807) is 0 Å². The molecule has 6 nitrogen and oxygen atoms in total. The summed E-state index contributed by atoms with van der Waals surface area (Å²) in [5, 5.41) is 0. The van der Waals surface area contributed by atoms with E-state index in [-0.39, 0.29) is 60.8 Å². The van der Waals surface area contributed by atoms with Crippen LogP contribution in [0.5, 0.6) is 0 Å². The Morgan fingerprint density at radius 3 is 1.77 bits per heavy atom. The van der Waals surface area contributed by atoms with Gasteiger partial charge in [-0.15, -0.1) is 24.8 Å². The van der Waals surface area contributed by atoms with Gasteiger partial charge in [0.15, 0.2) is 0 Å². The van der Waals surface area contributed by atoms with Crippen LogP contribution in [0.1, 0.15) is 58.3 Å². The number of ether oxygens (including phenoxy) is 2. The first-order chi connectivity index (χ1) is 11.5. The molecule has 0 spiro atoms. The summed E-state index contributed by atoms with van der Waals surface area (Å²) in [6.45, 7) is 3.23. The molecule has 0 unspecified atom stereocenters. The summed E-state index contributed by atoms with van der Waals surface area (Å²) >= 11 is 0. The number of hydrogen-bond acceptors (Lipinski definition) is 6. The lowest BCUT2D eigenvalue weighted by Crippen LogP contribution is -2.35. The number of nitrogens with two attached hydrogens (primary N) is 2. The summed E-state index contributed by atoms with van der Waals surface area (Å²) in [5.41, 5.74) is 11.6. The summed E-state index contributed by atoms with van der Waals surface area (Å²) in [4.78, 5) is 24.1. The predicted molar refractivity (Wildman–Crippen MR) is 105 cm³/mol. The highest BCUT2D eigenvalue weighted by Crippen LogP contribution is 2.38. The van der Waals surface area contributed by atoms with Crippen molar-refractivity contribution in [2.45, 2.75) is 58.3 Å². The Bertz CT molecular complexity index is 435. The maximum Gasteiger partial charge on any atom is 0.311 e. The average Bonchev–Trinajstić information content (AvgIpc) is 2.62. The monoisotopic (exact) mass is 412 g/mol. The van der Waals surface area contributed by atoms with E-state index in [0.717, 1.165) is 51.4 Å². The second-order valence-corrected chi connectivity index (χ2v) is 7.79. The number of carbonyl (C=O) groups excluding carboxylic acids is 2. The molecule has 0 aromatic carbocycles. The molecule has 0 saturated heterocycles. The zero-order valence-corrected chi connectivity index (χ0v) is 17.2. The van der Waals surface area contributed by atoms with Crippen LogP contribution in [0.2, 0.25) is 0 Å². The summed E-state index contributed by atoms with van der Waals surface area (Å²) in [6, 6.07) is 0.